The molecule has 0 aromatic heterocycles. The SMILES string of the molecule is CSCCC(NC(=O)c1ccccc1Cl)C(=O)OC(C)C(=O)N(C)Cc1cccc(F)c1. The first-order valence-corrected chi connectivity index (χ1v) is 11.7. The highest BCUT2D eigenvalue weighted by Crippen LogP contribution is 2.16. The molecule has 6 nitrogen and oxygen atoms in total. The van der Waals surface area contributed by atoms with Crippen LogP contribution >= 0.6 is 23.4 Å². The molecular formula is C23H26ClFN2O4S. The molecule has 0 aliphatic rings. The number of nitrogens with one attached hydrogen (secondary N) is 1. The quantitative estimate of drug-likeness (QED) is 0.522. The Hall–Kier alpha value is -2.58. The van der Waals surface area contributed by atoms with E-state index in [1.54, 1.807) is 43.4 Å². The van der Waals surface area contributed by atoms with Gasteiger partial charge in [0.15, 0.2) is 6.10 Å². The summed E-state index contributed by atoms with van der Waals surface area (Å²) in [5.74, 6) is -1.44. The molecule has 2 atom stereocenters. The number of halogens is 2. The van der Waals surface area contributed by atoms with Crippen LogP contribution in [0, 0.1) is 5.82 Å². The molecule has 0 fully saturated rings. The third-order valence-corrected chi connectivity index (χ3v) is 5.62. The van der Waals surface area contributed by atoms with E-state index in [4.69, 9.17) is 16.3 Å². The van der Waals surface area contributed by atoms with E-state index >= 15 is 0 Å². The van der Waals surface area contributed by atoms with E-state index in [1.165, 1.54) is 35.7 Å². The highest BCUT2D eigenvalue weighted by Gasteiger charge is 2.28. The Morgan fingerprint density at radius 1 is 1.19 bits per heavy atom. The van der Waals surface area contributed by atoms with Crippen LogP contribution in [-0.4, -0.2) is 53.9 Å². The number of benzene rings is 2. The van der Waals surface area contributed by atoms with E-state index in [1.807, 2.05) is 6.26 Å². The van der Waals surface area contributed by atoms with Crippen LogP contribution in [0.2, 0.25) is 5.02 Å². The van der Waals surface area contributed by atoms with Crippen molar-refractivity contribution in [3.05, 3.63) is 70.5 Å². The third kappa shape index (κ3) is 7.53. The number of nitrogens with zero attached hydrogens (tertiary/aromatic N) is 1. The average Bonchev–Trinajstić information content (AvgIpc) is 2.76. The van der Waals surface area contributed by atoms with Gasteiger partial charge < -0.3 is 15.0 Å². The van der Waals surface area contributed by atoms with E-state index in [-0.39, 0.29) is 17.1 Å². The van der Waals surface area contributed by atoms with Crippen LogP contribution in [0.4, 0.5) is 4.39 Å². The first-order chi connectivity index (χ1) is 15.2. The second-order valence-corrected chi connectivity index (χ2v) is 8.58. The van der Waals surface area contributed by atoms with Gasteiger partial charge in [0.2, 0.25) is 0 Å². The van der Waals surface area contributed by atoms with Gasteiger partial charge in [0.25, 0.3) is 11.8 Å². The molecule has 0 aliphatic heterocycles. The van der Waals surface area contributed by atoms with Crippen molar-refractivity contribution >= 4 is 41.1 Å². The molecule has 2 unspecified atom stereocenters. The van der Waals surface area contributed by atoms with Gasteiger partial charge in [-0.25, -0.2) is 9.18 Å². The molecule has 0 saturated heterocycles. The van der Waals surface area contributed by atoms with Crippen molar-refractivity contribution < 1.29 is 23.5 Å². The van der Waals surface area contributed by atoms with Gasteiger partial charge >= 0.3 is 5.97 Å². The number of hydrogen-bond acceptors (Lipinski definition) is 5. The highest BCUT2D eigenvalue weighted by molar-refractivity contribution is 7.98. The lowest BCUT2D eigenvalue weighted by Gasteiger charge is -2.24. The summed E-state index contributed by atoms with van der Waals surface area (Å²) in [7, 11) is 1.54. The fourth-order valence-electron chi connectivity index (χ4n) is 2.97. The van der Waals surface area contributed by atoms with Crippen molar-refractivity contribution in [2.24, 2.45) is 0 Å². The maximum atomic E-state index is 13.4. The number of thioether (sulfide) groups is 1. The smallest absolute Gasteiger partial charge is 0.329 e. The topological polar surface area (TPSA) is 75.7 Å². The predicted octanol–water partition coefficient (Wildman–Crippen LogP) is 3.92. The molecule has 0 aliphatic carbocycles. The summed E-state index contributed by atoms with van der Waals surface area (Å²) in [6, 6.07) is 11.5. The molecule has 2 amide bonds. The minimum Gasteiger partial charge on any atom is -0.451 e. The molecule has 172 valence electrons. The summed E-state index contributed by atoms with van der Waals surface area (Å²) >= 11 is 7.58. The Labute approximate surface area is 196 Å². The lowest BCUT2D eigenvalue weighted by atomic mass is 10.1. The molecule has 0 heterocycles. The number of esters is 1. The van der Waals surface area contributed by atoms with E-state index < -0.39 is 35.7 Å². The molecule has 2 aromatic carbocycles. The number of likely N-dealkylation sites (N-methyl/N-ethyl adjacent to an activating group) is 1. The van der Waals surface area contributed by atoms with Crippen LogP contribution < -0.4 is 5.32 Å². The summed E-state index contributed by atoms with van der Waals surface area (Å²) in [5.41, 5.74) is 0.860. The van der Waals surface area contributed by atoms with Crippen LogP contribution in [0.15, 0.2) is 48.5 Å². The Kier molecular flexibility index (Phi) is 9.99. The first kappa shape index (κ1) is 25.7. The van der Waals surface area contributed by atoms with Crippen LogP contribution in [0.1, 0.15) is 29.3 Å². The van der Waals surface area contributed by atoms with E-state index in [9.17, 15) is 18.8 Å². The van der Waals surface area contributed by atoms with E-state index in [0.29, 0.717) is 17.7 Å². The molecule has 2 rings (SSSR count). The molecule has 0 spiro atoms. The summed E-state index contributed by atoms with van der Waals surface area (Å²) in [5, 5.41) is 2.92. The van der Waals surface area contributed by atoms with Gasteiger partial charge in [0, 0.05) is 13.6 Å². The van der Waals surface area contributed by atoms with Gasteiger partial charge in [0.1, 0.15) is 11.9 Å². The van der Waals surface area contributed by atoms with Gasteiger partial charge in [-0.1, -0.05) is 35.9 Å². The maximum absolute atomic E-state index is 13.4. The van der Waals surface area contributed by atoms with Gasteiger partial charge in [-0.15, -0.1) is 0 Å². The average molecular weight is 481 g/mol. The summed E-state index contributed by atoms with van der Waals surface area (Å²) in [6.45, 7) is 1.63. The highest BCUT2D eigenvalue weighted by atomic mass is 35.5. The molecule has 32 heavy (non-hydrogen) atoms. The molecule has 9 heteroatoms. The Bertz CT molecular complexity index is 959. The first-order valence-electron chi connectivity index (χ1n) is 9.97. The molecule has 0 saturated carbocycles. The maximum Gasteiger partial charge on any atom is 0.329 e. The monoisotopic (exact) mass is 480 g/mol. The van der Waals surface area contributed by atoms with Crippen molar-refractivity contribution in [2.45, 2.75) is 32.0 Å². The van der Waals surface area contributed by atoms with Crippen LogP contribution in [-0.2, 0) is 20.9 Å². The van der Waals surface area contributed by atoms with Crippen molar-refractivity contribution in [1.29, 1.82) is 0 Å². The van der Waals surface area contributed by atoms with Crippen LogP contribution in [0.25, 0.3) is 0 Å². The van der Waals surface area contributed by atoms with E-state index in [2.05, 4.69) is 5.32 Å². The Balaban J connectivity index is 2.01. The van der Waals surface area contributed by atoms with Crippen molar-refractivity contribution in [3.63, 3.8) is 0 Å². The number of carbonyl (C=O) groups is 3. The minimum absolute atomic E-state index is 0.164. The van der Waals surface area contributed by atoms with Gasteiger partial charge in [0.05, 0.1) is 10.6 Å². The van der Waals surface area contributed by atoms with Crippen LogP contribution in [0.5, 0.6) is 0 Å². The molecule has 0 bridgehead atoms. The van der Waals surface area contributed by atoms with Gasteiger partial charge in [-0.05, 0) is 55.2 Å². The van der Waals surface area contributed by atoms with Gasteiger partial charge in [-0.3, -0.25) is 9.59 Å². The zero-order chi connectivity index (χ0) is 23.7. The fraction of sp³-hybridized carbons (Fsp3) is 0.348. The van der Waals surface area contributed by atoms with Gasteiger partial charge in [-0.2, -0.15) is 11.8 Å². The largest absolute Gasteiger partial charge is 0.451 e. The zero-order valence-corrected chi connectivity index (χ0v) is 19.7. The lowest BCUT2D eigenvalue weighted by molar-refractivity contribution is -0.160. The number of rotatable bonds is 10. The predicted molar refractivity (Wildman–Crippen MR) is 124 cm³/mol. The summed E-state index contributed by atoms with van der Waals surface area (Å²) < 4.78 is 18.7. The Morgan fingerprint density at radius 2 is 1.91 bits per heavy atom. The summed E-state index contributed by atoms with van der Waals surface area (Å²) in [6.07, 6.45) is 1.14. The van der Waals surface area contributed by atoms with Crippen molar-refractivity contribution in [2.75, 3.05) is 19.1 Å². The second-order valence-electron chi connectivity index (χ2n) is 7.19. The minimum atomic E-state index is -1.07. The van der Waals surface area contributed by atoms with Crippen LogP contribution in [0.3, 0.4) is 0 Å². The molecule has 0 radical (unpaired) electrons. The van der Waals surface area contributed by atoms with Crippen molar-refractivity contribution in [1.82, 2.24) is 10.2 Å². The normalized spacial score (nSPS) is 12.5. The van der Waals surface area contributed by atoms with E-state index in [0.717, 1.165) is 0 Å². The fourth-order valence-corrected chi connectivity index (χ4v) is 3.66. The number of amides is 2. The summed E-state index contributed by atoms with van der Waals surface area (Å²) in [4.78, 5) is 39.3. The molecular weight excluding hydrogens is 455 g/mol. The number of ether oxygens (including phenoxy) is 1. The molecule has 2 aromatic rings. The zero-order valence-electron chi connectivity index (χ0n) is 18.1. The number of hydrogen-bond donors (Lipinski definition) is 1. The third-order valence-electron chi connectivity index (χ3n) is 4.64. The second kappa shape index (κ2) is 12.5. The Morgan fingerprint density at radius 3 is 2.56 bits per heavy atom. The standard InChI is InChI=1S/C23H26ClFN2O4S/c1-15(22(29)27(2)14-16-7-6-8-17(25)13-16)31-23(30)20(11-12-32-3)26-21(28)18-9-4-5-10-19(18)24/h4-10,13,15,20H,11-12,14H2,1-3H3,(H,26,28). The van der Waals surface area contributed by atoms with Crippen molar-refractivity contribution in [3.8, 4) is 0 Å². The lowest BCUT2D eigenvalue weighted by Crippen LogP contribution is -2.45. The number of carbonyl (C=O) groups excluding carboxylic acids is 3. The molecule has 1 N–H and O–H groups in total.